The lowest BCUT2D eigenvalue weighted by Crippen LogP contribution is -2.39. The lowest BCUT2D eigenvalue weighted by molar-refractivity contribution is 0.0748. The maximum Gasteiger partial charge on any atom is 0.253 e. The van der Waals surface area contributed by atoms with Crippen LogP contribution in [0.1, 0.15) is 29.6 Å². The molecule has 2 atom stereocenters. The van der Waals surface area contributed by atoms with E-state index < -0.39 is 0 Å². The first kappa shape index (κ1) is 16.0. The highest BCUT2D eigenvalue weighted by molar-refractivity contribution is 5.94. The summed E-state index contributed by atoms with van der Waals surface area (Å²) in [5.41, 5.74) is 1.56. The molecule has 2 aliphatic rings. The Morgan fingerprint density at radius 1 is 1.17 bits per heavy atom. The number of nitrogens with one attached hydrogen (secondary N) is 1. The van der Waals surface area contributed by atoms with E-state index in [1.54, 1.807) is 0 Å². The van der Waals surface area contributed by atoms with Gasteiger partial charge in [0.15, 0.2) is 0 Å². The van der Waals surface area contributed by atoms with Crippen molar-refractivity contribution in [3.63, 3.8) is 0 Å². The van der Waals surface area contributed by atoms with Crippen LogP contribution >= 0.6 is 12.4 Å². The van der Waals surface area contributed by atoms with Crippen molar-refractivity contribution in [3.05, 3.63) is 36.2 Å². The minimum atomic E-state index is 0. The van der Waals surface area contributed by atoms with Gasteiger partial charge in [-0.25, -0.2) is 0 Å². The number of aromatic nitrogens is 2. The zero-order valence-corrected chi connectivity index (χ0v) is 13.5. The number of carbonyl (C=O) groups excluding carboxylic acids is 1. The molecule has 0 radical (unpaired) electrons. The van der Waals surface area contributed by atoms with Gasteiger partial charge in [-0.1, -0.05) is 17.3 Å². The first-order valence-electron chi connectivity index (χ1n) is 7.72. The number of nitrogens with zero attached hydrogens (tertiary/aromatic N) is 3. The predicted octanol–water partition coefficient (Wildman–Crippen LogP) is 2.12. The molecule has 23 heavy (non-hydrogen) atoms. The average molecular weight is 335 g/mol. The van der Waals surface area contributed by atoms with Crippen LogP contribution in [0.25, 0.3) is 11.4 Å². The van der Waals surface area contributed by atoms with Crippen LogP contribution in [-0.2, 0) is 0 Å². The molecule has 1 aromatic heterocycles. The van der Waals surface area contributed by atoms with E-state index in [9.17, 15) is 4.79 Å². The Morgan fingerprint density at radius 3 is 2.70 bits per heavy atom. The van der Waals surface area contributed by atoms with Gasteiger partial charge in [-0.3, -0.25) is 4.79 Å². The largest absolute Gasteiger partial charge is 0.342 e. The molecule has 2 saturated heterocycles. The van der Waals surface area contributed by atoms with Crippen LogP contribution in [0.2, 0.25) is 0 Å². The molecule has 4 rings (SSSR count). The predicted molar refractivity (Wildman–Crippen MR) is 87.4 cm³/mol. The normalized spacial score (nSPS) is 23.2. The fourth-order valence-electron chi connectivity index (χ4n) is 3.37. The molecule has 7 heteroatoms. The maximum atomic E-state index is 12.7. The van der Waals surface area contributed by atoms with Crippen molar-refractivity contribution in [3.8, 4) is 11.4 Å². The summed E-state index contributed by atoms with van der Waals surface area (Å²) in [4.78, 5) is 18.7. The highest BCUT2D eigenvalue weighted by Crippen LogP contribution is 2.22. The van der Waals surface area contributed by atoms with E-state index in [1.807, 2.05) is 29.2 Å². The van der Waals surface area contributed by atoms with E-state index in [2.05, 4.69) is 15.5 Å². The summed E-state index contributed by atoms with van der Waals surface area (Å²) in [6.45, 7) is 1.64. The van der Waals surface area contributed by atoms with Crippen molar-refractivity contribution in [2.24, 2.45) is 0 Å². The number of hydrogen-bond donors (Lipinski definition) is 1. The lowest BCUT2D eigenvalue weighted by atomic mass is 10.1. The molecular formula is C16H19ClN4O2. The first-order chi connectivity index (χ1) is 10.8. The van der Waals surface area contributed by atoms with E-state index >= 15 is 0 Å². The fraction of sp³-hybridized carbons (Fsp3) is 0.438. The average Bonchev–Trinajstić information content (AvgIpc) is 3.17. The van der Waals surface area contributed by atoms with Crippen LogP contribution in [0.5, 0.6) is 0 Å². The maximum absolute atomic E-state index is 12.7. The Bertz CT molecular complexity index is 659. The van der Waals surface area contributed by atoms with Gasteiger partial charge in [-0.05, 0) is 31.4 Å². The topological polar surface area (TPSA) is 71.3 Å². The third kappa shape index (κ3) is 3.23. The zero-order chi connectivity index (χ0) is 14.9. The van der Waals surface area contributed by atoms with Crippen LogP contribution in [0.15, 0.2) is 35.2 Å². The number of carbonyl (C=O) groups is 1. The second-order valence-corrected chi connectivity index (χ2v) is 6.01. The SMILES string of the molecule is Cl.O=C(c1ccc(-c2ncon2)cc1)N1CCC2CCC(C1)N2. The van der Waals surface area contributed by atoms with Gasteiger partial charge in [-0.2, -0.15) is 4.98 Å². The molecule has 6 nitrogen and oxygen atoms in total. The zero-order valence-electron chi connectivity index (χ0n) is 12.6. The monoisotopic (exact) mass is 334 g/mol. The summed E-state index contributed by atoms with van der Waals surface area (Å²) in [6, 6.07) is 8.44. The van der Waals surface area contributed by atoms with Gasteiger partial charge in [0.25, 0.3) is 5.91 Å². The summed E-state index contributed by atoms with van der Waals surface area (Å²) < 4.78 is 4.74. The summed E-state index contributed by atoms with van der Waals surface area (Å²) in [5, 5.41) is 7.40. The number of rotatable bonds is 2. The number of amides is 1. The minimum absolute atomic E-state index is 0. The fourth-order valence-corrected chi connectivity index (χ4v) is 3.37. The molecular weight excluding hydrogens is 316 g/mol. The van der Waals surface area contributed by atoms with E-state index in [0.717, 1.165) is 25.1 Å². The molecule has 1 amide bonds. The molecule has 2 unspecified atom stereocenters. The van der Waals surface area contributed by atoms with Gasteiger partial charge >= 0.3 is 0 Å². The summed E-state index contributed by atoms with van der Waals surface area (Å²) >= 11 is 0. The summed E-state index contributed by atoms with van der Waals surface area (Å²) in [5.74, 6) is 0.643. The van der Waals surface area contributed by atoms with Crippen LogP contribution in [0, 0.1) is 0 Å². The summed E-state index contributed by atoms with van der Waals surface area (Å²) in [6.07, 6.45) is 4.76. The number of halogens is 1. The molecule has 2 bridgehead atoms. The number of fused-ring (bicyclic) bond motifs is 2. The molecule has 1 aromatic carbocycles. The van der Waals surface area contributed by atoms with Gasteiger partial charge in [-0.15, -0.1) is 12.4 Å². The van der Waals surface area contributed by atoms with Crippen LogP contribution < -0.4 is 5.32 Å². The van der Waals surface area contributed by atoms with Crippen molar-refractivity contribution in [2.75, 3.05) is 13.1 Å². The highest BCUT2D eigenvalue weighted by atomic mass is 35.5. The lowest BCUT2D eigenvalue weighted by Gasteiger charge is -2.24. The van der Waals surface area contributed by atoms with Crippen molar-refractivity contribution >= 4 is 18.3 Å². The Morgan fingerprint density at radius 2 is 1.96 bits per heavy atom. The quantitative estimate of drug-likeness (QED) is 0.911. The molecule has 0 spiro atoms. The van der Waals surface area contributed by atoms with Gasteiger partial charge in [0.05, 0.1) is 0 Å². The number of benzene rings is 1. The Balaban J connectivity index is 0.00000156. The van der Waals surface area contributed by atoms with Crippen LogP contribution in [-0.4, -0.2) is 46.1 Å². The third-order valence-corrected chi connectivity index (χ3v) is 4.56. The van der Waals surface area contributed by atoms with Gasteiger partial charge in [0, 0.05) is 36.3 Å². The first-order valence-corrected chi connectivity index (χ1v) is 7.72. The Kier molecular flexibility index (Phi) is 4.63. The third-order valence-electron chi connectivity index (χ3n) is 4.56. The number of likely N-dealkylation sites (tertiary alicyclic amines) is 1. The van der Waals surface area contributed by atoms with E-state index in [4.69, 9.17) is 4.52 Å². The van der Waals surface area contributed by atoms with Gasteiger partial charge in [0.2, 0.25) is 12.2 Å². The molecule has 0 saturated carbocycles. The summed E-state index contributed by atoms with van der Waals surface area (Å²) in [7, 11) is 0. The van der Waals surface area contributed by atoms with E-state index in [0.29, 0.717) is 23.5 Å². The van der Waals surface area contributed by atoms with Crippen LogP contribution in [0.4, 0.5) is 0 Å². The minimum Gasteiger partial charge on any atom is -0.342 e. The molecule has 1 N–H and O–H groups in total. The van der Waals surface area contributed by atoms with Gasteiger partial charge < -0.3 is 14.7 Å². The van der Waals surface area contributed by atoms with Gasteiger partial charge in [0.1, 0.15) is 0 Å². The van der Waals surface area contributed by atoms with Crippen molar-refractivity contribution in [2.45, 2.75) is 31.3 Å². The van der Waals surface area contributed by atoms with Crippen molar-refractivity contribution in [1.29, 1.82) is 0 Å². The van der Waals surface area contributed by atoms with E-state index in [1.165, 1.54) is 19.2 Å². The number of hydrogen-bond acceptors (Lipinski definition) is 5. The highest BCUT2D eigenvalue weighted by Gasteiger charge is 2.31. The molecule has 122 valence electrons. The molecule has 3 heterocycles. The second kappa shape index (κ2) is 6.68. The standard InChI is InChI=1S/C16H18N4O2.ClH/c21-16(20-8-7-13-5-6-14(9-20)18-13)12-3-1-11(2-4-12)15-17-10-22-19-15;/h1-4,10,13-14,18H,5-9H2;1H. The van der Waals surface area contributed by atoms with E-state index in [-0.39, 0.29) is 18.3 Å². The van der Waals surface area contributed by atoms with Crippen molar-refractivity contribution in [1.82, 2.24) is 20.4 Å². The molecule has 2 fully saturated rings. The van der Waals surface area contributed by atoms with Crippen LogP contribution in [0.3, 0.4) is 0 Å². The Hall–Kier alpha value is -1.92. The Labute approximate surface area is 140 Å². The second-order valence-electron chi connectivity index (χ2n) is 6.01. The smallest absolute Gasteiger partial charge is 0.253 e. The molecule has 0 aliphatic carbocycles. The molecule has 2 aromatic rings. The molecule has 2 aliphatic heterocycles. The van der Waals surface area contributed by atoms with Crippen molar-refractivity contribution < 1.29 is 9.32 Å².